The van der Waals surface area contributed by atoms with Crippen LogP contribution in [0.2, 0.25) is 0 Å². The van der Waals surface area contributed by atoms with E-state index in [1.807, 2.05) is 91.0 Å². The number of hydrogen-bond donors (Lipinski definition) is 1. The van der Waals surface area contributed by atoms with E-state index in [0.29, 0.717) is 4.92 Å². The van der Waals surface area contributed by atoms with Gasteiger partial charge < -0.3 is 0 Å². The minimum absolute atomic E-state index is 0.212. The first kappa shape index (κ1) is 19.9. The molecular formula is C23H18NO5Sn+. The molecule has 1 aromatic heterocycles. The van der Waals surface area contributed by atoms with Crippen LogP contribution in [0.5, 0.6) is 0 Å². The molecule has 0 amide bonds. The molecule has 148 valence electrons. The second kappa shape index (κ2) is 8.54. The number of furan rings is 1. The third kappa shape index (κ3) is 3.73. The predicted octanol–water partition coefficient (Wildman–Crippen LogP) is 2.99. The van der Waals surface area contributed by atoms with Gasteiger partial charge in [0.1, 0.15) is 0 Å². The molecule has 7 heteroatoms. The van der Waals surface area contributed by atoms with E-state index < -0.39 is 24.8 Å². The van der Waals surface area contributed by atoms with Gasteiger partial charge in [0.25, 0.3) is 0 Å². The van der Waals surface area contributed by atoms with Crippen LogP contribution < -0.4 is 10.7 Å². The summed E-state index contributed by atoms with van der Waals surface area (Å²) in [5.74, 6) is -1.79. The Kier molecular flexibility index (Phi) is 5.67. The van der Waals surface area contributed by atoms with Gasteiger partial charge in [0, 0.05) is 0 Å². The summed E-state index contributed by atoms with van der Waals surface area (Å²) >= 11 is -4.30. The molecule has 0 bridgehead atoms. The molecule has 0 aliphatic carbocycles. The SMILES string of the molecule is O=C(O)c1ccc([N+](=O)[O][Sn]([c]2ccccc2)([c]2ccccc2)[c]2ccccc2)o1. The monoisotopic (exact) mass is 508 g/mol. The van der Waals surface area contributed by atoms with Gasteiger partial charge in [-0.3, -0.25) is 0 Å². The molecular weight excluding hydrogens is 489 g/mol. The van der Waals surface area contributed by atoms with Crippen LogP contribution in [0.3, 0.4) is 0 Å². The Bertz CT molecular complexity index is 1060. The number of carboxylic acid groups (broad SMARTS) is 1. The minimum atomic E-state index is -4.30. The third-order valence-corrected chi connectivity index (χ3v) is 15.8. The van der Waals surface area contributed by atoms with Gasteiger partial charge in [0.15, 0.2) is 0 Å². The standard InChI is InChI=1S/3C6H5.C5H3NO5.Sn/c3*1-2-4-6-5-3-1;7-5(8)3-1-2-4(11-3)6(9)10;/h3*1-5H;1-2H,(H,7,8);/q;;;;+1. The van der Waals surface area contributed by atoms with Gasteiger partial charge in [-0.2, -0.15) is 0 Å². The molecule has 0 saturated heterocycles. The van der Waals surface area contributed by atoms with Crippen molar-refractivity contribution in [3.05, 3.63) is 114 Å². The first-order chi connectivity index (χ1) is 14.6. The topological polar surface area (TPSA) is 79.8 Å². The molecule has 4 aromatic rings. The second-order valence-electron chi connectivity index (χ2n) is 6.57. The van der Waals surface area contributed by atoms with Crippen molar-refractivity contribution in [1.82, 2.24) is 0 Å². The van der Waals surface area contributed by atoms with Crippen molar-refractivity contribution in [2.24, 2.45) is 0 Å². The third-order valence-electron chi connectivity index (χ3n) is 4.74. The van der Waals surface area contributed by atoms with Gasteiger partial charge in [0.2, 0.25) is 0 Å². The molecule has 0 unspecified atom stereocenters. The summed E-state index contributed by atoms with van der Waals surface area (Å²) in [5.41, 5.74) is 0. The van der Waals surface area contributed by atoms with E-state index in [9.17, 15) is 9.70 Å². The molecule has 0 saturated carbocycles. The molecule has 3 aromatic carbocycles. The fourth-order valence-electron chi connectivity index (χ4n) is 3.39. The van der Waals surface area contributed by atoms with Gasteiger partial charge in [-0.15, -0.1) is 0 Å². The summed E-state index contributed by atoms with van der Waals surface area (Å²) in [4.78, 5) is 24.5. The molecule has 0 fully saturated rings. The van der Waals surface area contributed by atoms with Crippen LogP contribution in [0.15, 0.2) is 108 Å². The van der Waals surface area contributed by atoms with Crippen LogP contribution >= 0.6 is 0 Å². The molecule has 30 heavy (non-hydrogen) atoms. The van der Waals surface area contributed by atoms with Crippen molar-refractivity contribution < 1.29 is 22.4 Å². The first-order valence-corrected chi connectivity index (χ1v) is 14.7. The quantitative estimate of drug-likeness (QED) is 0.308. The summed E-state index contributed by atoms with van der Waals surface area (Å²) < 4.78 is 14.3. The Balaban J connectivity index is 1.90. The Labute approximate surface area is 177 Å². The van der Waals surface area contributed by atoms with Crippen LogP contribution in [0.1, 0.15) is 10.6 Å². The number of carboxylic acids is 1. The molecule has 4 rings (SSSR count). The molecule has 6 nitrogen and oxygen atoms in total. The van der Waals surface area contributed by atoms with Gasteiger partial charge in [-0.05, 0) is 0 Å². The van der Waals surface area contributed by atoms with Gasteiger partial charge >= 0.3 is 178 Å². The fraction of sp³-hybridized carbons (Fsp3) is 0. The van der Waals surface area contributed by atoms with E-state index in [-0.39, 0.29) is 11.6 Å². The van der Waals surface area contributed by atoms with Crippen molar-refractivity contribution in [2.75, 3.05) is 0 Å². The van der Waals surface area contributed by atoms with Crippen molar-refractivity contribution in [3.63, 3.8) is 0 Å². The molecule has 0 aliphatic heterocycles. The first-order valence-electron chi connectivity index (χ1n) is 9.27. The maximum absolute atomic E-state index is 13.1. The number of hydrogen-bond acceptors (Lipinski definition) is 4. The van der Waals surface area contributed by atoms with E-state index >= 15 is 0 Å². The van der Waals surface area contributed by atoms with Crippen molar-refractivity contribution >= 4 is 41.4 Å². The van der Waals surface area contributed by atoms with Crippen molar-refractivity contribution in [1.29, 1.82) is 0 Å². The van der Waals surface area contributed by atoms with Crippen LogP contribution in [-0.2, 0) is 3.17 Å². The number of aromatic carboxylic acids is 1. The summed E-state index contributed by atoms with van der Waals surface area (Å²) in [6.07, 6.45) is 0. The number of nitrogens with zero attached hydrogens (tertiary/aromatic N) is 1. The van der Waals surface area contributed by atoms with Crippen molar-refractivity contribution in [3.8, 4) is 0 Å². The fourth-order valence-corrected chi connectivity index (χ4v) is 13.8. The molecule has 0 atom stereocenters. The zero-order valence-electron chi connectivity index (χ0n) is 15.8. The van der Waals surface area contributed by atoms with Gasteiger partial charge in [-0.1, -0.05) is 0 Å². The van der Waals surface area contributed by atoms with Crippen LogP contribution in [-0.4, -0.2) is 34.8 Å². The average Bonchev–Trinajstić information content (AvgIpc) is 3.30. The molecule has 1 heterocycles. The van der Waals surface area contributed by atoms with E-state index in [4.69, 9.17) is 12.7 Å². The van der Waals surface area contributed by atoms with E-state index in [1.165, 1.54) is 12.1 Å². The molecule has 0 radical (unpaired) electrons. The van der Waals surface area contributed by atoms with Crippen LogP contribution in [0.25, 0.3) is 0 Å². The van der Waals surface area contributed by atoms with E-state index in [2.05, 4.69) is 0 Å². The molecule has 1 N–H and O–H groups in total. The number of benzene rings is 3. The molecule has 0 aliphatic rings. The summed E-state index contributed by atoms with van der Waals surface area (Å²) in [6, 6.07) is 31.6. The Morgan fingerprint density at radius 2 is 1.17 bits per heavy atom. The zero-order chi connectivity index (χ0) is 21.0. The van der Waals surface area contributed by atoms with E-state index in [1.54, 1.807) is 0 Å². The van der Waals surface area contributed by atoms with Gasteiger partial charge in [-0.25, -0.2) is 0 Å². The Morgan fingerprint density at radius 1 is 0.733 bits per heavy atom. The van der Waals surface area contributed by atoms with Crippen LogP contribution in [0.4, 0.5) is 5.88 Å². The Morgan fingerprint density at radius 3 is 1.53 bits per heavy atom. The second-order valence-corrected chi connectivity index (χ2v) is 15.9. The van der Waals surface area contributed by atoms with Crippen molar-refractivity contribution in [2.45, 2.75) is 0 Å². The average molecular weight is 507 g/mol. The number of rotatable bonds is 7. The maximum atomic E-state index is 13.1. The number of carbonyl (C=O) groups is 1. The normalized spacial score (nSPS) is 11.1. The summed E-state index contributed by atoms with van der Waals surface area (Å²) in [7, 11) is 0. The Hall–Kier alpha value is -3.39. The van der Waals surface area contributed by atoms with E-state index in [0.717, 1.165) is 10.7 Å². The summed E-state index contributed by atoms with van der Waals surface area (Å²) in [5, 5.41) is 9.10. The van der Waals surface area contributed by atoms with Crippen LogP contribution in [0, 0.1) is 4.91 Å². The zero-order valence-corrected chi connectivity index (χ0v) is 18.7. The molecule has 0 spiro atoms. The summed E-state index contributed by atoms with van der Waals surface area (Å²) in [6.45, 7) is 0. The van der Waals surface area contributed by atoms with Gasteiger partial charge in [0.05, 0.1) is 0 Å². The predicted molar refractivity (Wildman–Crippen MR) is 114 cm³/mol.